The molecular weight excluding hydrogens is 238 g/mol. The van der Waals surface area contributed by atoms with Crippen molar-refractivity contribution in [2.45, 2.75) is 6.92 Å². The maximum absolute atomic E-state index is 10.5. The fourth-order valence-electron chi connectivity index (χ4n) is 1.05. The van der Waals surface area contributed by atoms with E-state index in [2.05, 4.69) is 5.32 Å². The number of hydrogen-bond acceptors (Lipinski definition) is 6. The van der Waals surface area contributed by atoms with Gasteiger partial charge in [0.15, 0.2) is 5.78 Å². The molecule has 108 valence electrons. The van der Waals surface area contributed by atoms with Crippen LogP contribution in [0.15, 0.2) is 0 Å². The Balaban J connectivity index is 2.92. The summed E-state index contributed by atoms with van der Waals surface area (Å²) in [6.45, 7) is 6.37. The van der Waals surface area contributed by atoms with Gasteiger partial charge in [-0.1, -0.05) is 0 Å². The van der Waals surface area contributed by atoms with Crippen LogP contribution in [0.4, 0.5) is 0 Å². The molecule has 0 atom stereocenters. The molecule has 0 saturated carbocycles. The van der Waals surface area contributed by atoms with Gasteiger partial charge in [0.25, 0.3) is 0 Å². The molecule has 0 amide bonds. The minimum Gasteiger partial charge on any atom is -0.378 e. The van der Waals surface area contributed by atoms with Crippen LogP contribution in [0.1, 0.15) is 6.92 Å². The fraction of sp³-hybridized carbons (Fsp3) is 0.917. The summed E-state index contributed by atoms with van der Waals surface area (Å²) >= 11 is 0. The highest BCUT2D eigenvalue weighted by Crippen LogP contribution is 1.83. The quantitative estimate of drug-likeness (QED) is 0.440. The van der Waals surface area contributed by atoms with E-state index < -0.39 is 0 Å². The van der Waals surface area contributed by atoms with Crippen molar-refractivity contribution in [2.75, 3.05) is 66.4 Å². The summed E-state index contributed by atoms with van der Waals surface area (Å²) in [5.74, 6) is 0.0246. The molecule has 0 aromatic heterocycles. The number of Topliss-reactive ketones (excluding diaryl/α,β-unsaturated/α-hetero) is 1. The van der Waals surface area contributed by atoms with Gasteiger partial charge in [-0.05, 0) is 14.0 Å². The van der Waals surface area contributed by atoms with Gasteiger partial charge in [-0.15, -0.1) is 0 Å². The van der Waals surface area contributed by atoms with Crippen molar-refractivity contribution in [1.29, 1.82) is 0 Å². The lowest BCUT2D eigenvalue weighted by Crippen LogP contribution is -2.17. The molecule has 0 rings (SSSR count). The number of hydrogen-bond donors (Lipinski definition) is 1. The molecule has 0 fully saturated rings. The van der Waals surface area contributed by atoms with Crippen molar-refractivity contribution in [3.63, 3.8) is 0 Å². The van der Waals surface area contributed by atoms with Crippen LogP contribution in [-0.4, -0.2) is 72.2 Å². The Labute approximate surface area is 109 Å². The van der Waals surface area contributed by atoms with Crippen LogP contribution in [0.5, 0.6) is 0 Å². The molecule has 18 heavy (non-hydrogen) atoms. The Morgan fingerprint density at radius 2 is 1.28 bits per heavy atom. The summed E-state index contributed by atoms with van der Waals surface area (Å²) in [6, 6.07) is 0. The summed E-state index contributed by atoms with van der Waals surface area (Å²) in [7, 11) is 1.89. The molecule has 6 heteroatoms. The monoisotopic (exact) mass is 263 g/mol. The summed E-state index contributed by atoms with van der Waals surface area (Å²) in [6.07, 6.45) is 0. The Morgan fingerprint density at radius 3 is 1.72 bits per heavy atom. The number of likely N-dealkylation sites (N-methyl/N-ethyl adjacent to an activating group) is 1. The summed E-state index contributed by atoms with van der Waals surface area (Å²) in [5, 5.41) is 2.99. The lowest BCUT2D eigenvalue weighted by Gasteiger charge is -2.06. The molecule has 6 nitrogen and oxygen atoms in total. The predicted molar refractivity (Wildman–Crippen MR) is 67.9 cm³/mol. The highest BCUT2D eigenvalue weighted by atomic mass is 16.6. The molecule has 0 heterocycles. The largest absolute Gasteiger partial charge is 0.378 e. The van der Waals surface area contributed by atoms with Gasteiger partial charge in [-0.3, -0.25) is 4.79 Å². The van der Waals surface area contributed by atoms with E-state index in [1.165, 1.54) is 6.92 Å². The minimum atomic E-state index is 0.0246. The predicted octanol–water partition coefficient (Wildman–Crippen LogP) is -0.139. The zero-order chi connectivity index (χ0) is 13.5. The van der Waals surface area contributed by atoms with Crippen molar-refractivity contribution >= 4 is 5.78 Å². The third kappa shape index (κ3) is 15.5. The Bertz CT molecular complexity index is 189. The maximum atomic E-state index is 10.5. The third-order valence-electron chi connectivity index (χ3n) is 1.92. The van der Waals surface area contributed by atoms with Crippen LogP contribution in [0.2, 0.25) is 0 Å². The molecule has 0 aliphatic heterocycles. The van der Waals surface area contributed by atoms with Crippen LogP contribution in [0.25, 0.3) is 0 Å². The summed E-state index contributed by atoms with van der Waals surface area (Å²) < 4.78 is 20.9. The smallest absolute Gasteiger partial charge is 0.155 e. The normalized spacial score (nSPS) is 10.8. The highest BCUT2D eigenvalue weighted by Gasteiger charge is 1.94. The average Bonchev–Trinajstić information content (AvgIpc) is 2.34. The van der Waals surface area contributed by atoms with E-state index in [-0.39, 0.29) is 12.4 Å². The van der Waals surface area contributed by atoms with Crippen LogP contribution in [-0.2, 0) is 23.7 Å². The Hall–Kier alpha value is -0.530. The number of ketones is 1. The van der Waals surface area contributed by atoms with Crippen LogP contribution >= 0.6 is 0 Å². The average molecular weight is 263 g/mol. The van der Waals surface area contributed by atoms with Crippen molar-refractivity contribution in [3.8, 4) is 0 Å². The second-order valence-electron chi connectivity index (χ2n) is 3.70. The number of carbonyl (C=O) groups is 1. The molecular formula is C12H25NO5. The molecule has 0 spiro atoms. The number of rotatable bonds is 14. The first-order valence-electron chi connectivity index (χ1n) is 6.22. The van der Waals surface area contributed by atoms with Crippen LogP contribution in [0.3, 0.4) is 0 Å². The molecule has 0 aliphatic rings. The Kier molecular flexibility index (Phi) is 14.1. The van der Waals surface area contributed by atoms with Crippen molar-refractivity contribution in [1.82, 2.24) is 5.32 Å². The van der Waals surface area contributed by atoms with Crippen LogP contribution in [0, 0.1) is 0 Å². The summed E-state index contributed by atoms with van der Waals surface area (Å²) in [4.78, 5) is 10.5. The fourth-order valence-corrected chi connectivity index (χ4v) is 1.05. The third-order valence-corrected chi connectivity index (χ3v) is 1.92. The van der Waals surface area contributed by atoms with Gasteiger partial charge in [0.2, 0.25) is 0 Å². The maximum Gasteiger partial charge on any atom is 0.155 e. The lowest BCUT2D eigenvalue weighted by molar-refractivity contribution is -0.122. The lowest BCUT2D eigenvalue weighted by atomic mass is 10.5. The Morgan fingerprint density at radius 1 is 0.833 bits per heavy atom. The standard InChI is InChI=1S/C12H25NO5/c1-12(14)11-18-10-9-17-8-7-16-6-5-15-4-3-13-2/h13H,3-11H2,1-2H3. The van der Waals surface area contributed by atoms with E-state index >= 15 is 0 Å². The van der Waals surface area contributed by atoms with Crippen LogP contribution < -0.4 is 5.32 Å². The van der Waals surface area contributed by atoms with Gasteiger partial charge >= 0.3 is 0 Å². The highest BCUT2D eigenvalue weighted by molar-refractivity contribution is 5.76. The van der Waals surface area contributed by atoms with E-state index in [1.54, 1.807) is 0 Å². The minimum absolute atomic E-state index is 0.0246. The van der Waals surface area contributed by atoms with Crippen molar-refractivity contribution in [2.24, 2.45) is 0 Å². The first-order chi connectivity index (χ1) is 8.77. The van der Waals surface area contributed by atoms with Gasteiger partial charge < -0.3 is 24.3 Å². The van der Waals surface area contributed by atoms with E-state index in [9.17, 15) is 4.79 Å². The molecule has 0 radical (unpaired) electrons. The molecule has 0 saturated heterocycles. The van der Waals surface area contributed by atoms with Crippen molar-refractivity contribution < 1.29 is 23.7 Å². The molecule has 1 N–H and O–H groups in total. The second kappa shape index (κ2) is 14.5. The van der Waals surface area contributed by atoms with Gasteiger partial charge in [-0.2, -0.15) is 0 Å². The van der Waals surface area contributed by atoms with E-state index in [1.807, 2.05) is 7.05 Å². The van der Waals surface area contributed by atoms with Gasteiger partial charge in [0, 0.05) is 6.54 Å². The summed E-state index contributed by atoms with van der Waals surface area (Å²) in [5.41, 5.74) is 0. The zero-order valence-corrected chi connectivity index (χ0v) is 11.4. The first-order valence-corrected chi connectivity index (χ1v) is 6.22. The molecule has 0 aromatic rings. The van der Waals surface area contributed by atoms with Gasteiger partial charge in [0.1, 0.15) is 6.61 Å². The van der Waals surface area contributed by atoms with Gasteiger partial charge in [0.05, 0.1) is 46.2 Å². The number of ether oxygens (including phenoxy) is 4. The van der Waals surface area contributed by atoms with Gasteiger partial charge in [-0.25, -0.2) is 0 Å². The van der Waals surface area contributed by atoms with E-state index in [4.69, 9.17) is 18.9 Å². The molecule has 0 unspecified atom stereocenters. The topological polar surface area (TPSA) is 66.0 Å². The number of nitrogens with one attached hydrogen (secondary N) is 1. The molecule has 0 aliphatic carbocycles. The van der Waals surface area contributed by atoms with E-state index in [0.717, 1.165) is 6.54 Å². The van der Waals surface area contributed by atoms with Crippen molar-refractivity contribution in [3.05, 3.63) is 0 Å². The zero-order valence-electron chi connectivity index (χ0n) is 11.4. The second-order valence-corrected chi connectivity index (χ2v) is 3.70. The first kappa shape index (κ1) is 17.5. The number of carbonyl (C=O) groups excluding carboxylic acids is 1. The SMILES string of the molecule is CNCCOCCOCCOCCOCC(C)=O. The van der Waals surface area contributed by atoms with E-state index in [0.29, 0.717) is 46.2 Å². The molecule has 0 aromatic carbocycles. The molecule has 0 bridgehead atoms.